The van der Waals surface area contributed by atoms with E-state index in [-0.39, 0.29) is 12.5 Å². The van der Waals surface area contributed by atoms with Crippen molar-refractivity contribution in [1.82, 2.24) is 14.6 Å². The number of rotatable bonds is 4. The second kappa shape index (κ2) is 4.82. The molecule has 2 aromatic rings. The van der Waals surface area contributed by atoms with Gasteiger partial charge in [0.25, 0.3) is 0 Å². The average molecular weight is 234 g/mol. The minimum atomic E-state index is -0.282. The van der Waals surface area contributed by atoms with Crippen molar-refractivity contribution in [3.8, 4) is 0 Å². The first-order valence-corrected chi connectivity index (χ1v) is 5.36. The minimum absolute atomic E-state index is 0.185. The van der Waals surface area contributed by atoms with Crippen LogP contribution >= 0.6 is 0 Å². The highest BCUT2D eigenvalue weighted by Crippen LogP contribution is 2.17. The van der Waals surface area contributed by atoms with Gasteiger partial charge in [0.2, 0.25) is 0 Å². The van der Waals surface area contributed by atoms with E-state index in [1.54, 1.807) is 23.1 Å². The van der Waals surface area contributed by atoms with Crippen LogP contribution in [0, 0.1) is 0 Å². The van der Waals surface area contributed by atoms with Gasteiger partial charge in [-0.3, -0.25) is 4.79 Å². The predicted octanol–water partition coefficient (Wildman–Crippen LogP) is 0.729. The number of aromatic nitrogens is 3. The van der Waals surface area contributed by atoms with Crippen molar-refractivity contribution < 1.29 is 9.53 Å². The molecule has 0 atom stereocenters. The Morgan fingerprint density at radius 1 is 1.53 bits per heavy atom. The molecule has 90 valence electrons. The molecule has 0 N–H and O–H groups in total. The van der Waals surface area contributed by atoms with Crippen molar-refractivity contribution in [2.45, 2.75) is 6.92 Å². The Kier molecular flexibility index (Phi) is 3.22. The summed E-state index contributed by atoms with van der Waals surface area (Å²) in [4.78, 5) is 17.5. The van der Waals surface area contributed by atoms with Crippen molar-refractivity contribution in [3.05, 3.63) is 24.7 Å². The lowest BCUT2D eigenvalue weighted by atomic mass is 10.4. The van der Waals surface area contributed by atoms with E-state index in [0.717, 1.165) is 11.3 Å². The Morgan fingerprint density at radius 2 is 2.35 bits per heavy atom. The molecular weight excluding hydrogens is 220 g/mol. The van der Waals surface area contributed by atoms with E-state index in [1.165, 1.54) is 7.11 Å². The summed E-state index contributed by atoms with van der Waals surface area (Å²) in [6, 6.07) is 1.86. The Balaban J connectivity index is 2.35. The van der Waals surface area contributed by atoms with E-state index < -0.39 is 0 Å². The molecule has 0 aliphatic heterocycles. The zero-order chi connectivity index (χ0) is 12.3. The molecule has 6 heteroatoms. The van der Waals surface area contributed by atoms with Crippen molar-refractivity contribution in [2.24, 2.45) is 0 Å². The van der Waals surface area contributed by atoms with Crippen LogP contribution in [-0.4, -0.2) is 40.8 Å². The Morgan fingerprint density at radius 3 is 3.06 bits per heavy atom. The highest BCUT2D eigenvalue weighted by molar-refractivity contribution is 5.78. The number of carbonyl (C=O) groups is 1. The molecule has 0 fully saturated rings. The van der Waals surface area contributed by atoms with E-state index in [1.807, 2.05) is 17.9 Å². The van der Waals surface area contributed by atoms with Crippen LogP contribution in [0.3, 0.4) is 0 Å². The van der Waals surface area contributed by atoms with Gasteiger partial charge in [-0.25, -0.2) is 9.50 Å². The molecule has 0 saturated carbocycles. The Labute approximate surface area is 98.8 Å². The van der Waals surface area contributed by atoms with E-state index in [4.69, 9.17) is 0 Å². The molecule has 0 spiro atoms. The molecule has 0 amide bonds. The first kappa shape index (κ1) is 11.4. The molecule has 6 nitrogen and oxygen atoms in total. The molecule has 0 aliphatic carbocycles. The lowest BCUT2D eigenvalue weighted by Crippen LogP contribution is -2.31. The van der Waals surface area contributed by atoms with Gasteiger partial charge >= 0.3 is 5.97 Å². The quantitative estimate of drug-likeness (QED) is 0.730. The number of esters is 1. The lowest BCUT2D eigenvalue weighted by Gasteiger charge is -2.20. The monoisotopic (exact) mass is 234 g/mol. The fourth-order valence-corrected chi connectivity index (χ4v) is 1.64. The van der Waals surface area contributed by atoms with E-state index in [2.05, 4.69) is 14.8 Å². The number of fused-ring (bicyclic) bond motifs is 1. The molecule has 0 bridgehead atoms. The van der Waals surface area contributed by atoms with Crippen molar-refractivity contribution >= 4 is 17.3 Å². The summed E-state index contributed by atoms with van der Waals surface area (Å²) < 4.78 is 6.39. The molecule has 2 rings (SSSR count). The Bertz CT molecular complexity index is 523. The second-order valence-electron chi connectivity index (χ2n) is 3.50. The smallest absolute Gasteiger partial charge is 0.325 e. The largest absolute Gasteiger partial charge is 0.468 e. The topological polar surface area (TPSA) is 59.7 Å². The lowest BCUT2D eigenvalue weighted by molar-refractivity contribution is -0.138. The molecule has 17 heavy (non-hydrogen) atoms. The van der Waals surface area contributed by atoms with Gasteiger partial charge in [0, 0.05) is 18.9 Å². The number of hydrogen-bond donors (Lipinski definition) is 0. The van der Waals surface area contributed by atoms with Gasteiger partial charge in [-0.05, 0) is 13.0 Å². The van der Waals surface area contributed by atoms with Crippen molar-refractivity contribution in [2.75, 3.05) is 25.1 Å². The summed E-state index contributed by atoms with van der Waals surface area (Å²) in [5.74, 6) is 0.452. The third kappa shape index (κ3) is 2.20. The fourth-order valence-electron chi connectivity index (χ4n) is 1.64. The van der Waals surface area contributed by atoms with Gasteiger partial charge in [0.15, 0.2) is 5.82 Å². The van der Waals surface area contributed by atoms with Gasteiger partial charge in [0.1, 0.15) is 12.1 Å². The van der Waals surface area contributed by atoms with E-state index in [0.29, 0.717) is 6.54 Å². The maximum Gasteiger partial charge on any atom is 0.325 e. The third-order valence-electron chi connectivity index (χ3n) is 2.53. The minimum Gasteiger partial charge on any atom is -0.468 e. The van der Waals surface area contributed by atoms with Crippen LogP contribution in [0.4, 0.5) is 5.82 Å². The second-order valence-corrected chi connectivity index (χ2v) is 3.50. The first-order chi connectivity index (χ1) is 8.26. The highest BCUT2D eigenvalue weighted by Gasteiger charge is 2.14. The number of anilines is 1. The summed E-state index contributed by atoms with van der Waals surface area (Å²) in [6.45, 7) is 2.82. The summed E-state index contributed by atoms with van der Waals surface area (Å²) in [5.41, 5.74) is 0.873. The van der Waals surface area contributed by atoms with Gasteiger partial charge in [-0.15, -0.1) is 0 Å². The van der Waals surface area contributed by atoms with Crippen molar-refractivity contribution in [1.29, 1.82) is 0 Å². The van der Waals surface area contributed by atoms with Crippen LogP contribution in [0.5, 0.6) is 0 Å². The molecule has 0 saturated heterocycles. The molecule has 0 aromatic carbocycles. The van der Waals surface area contributed by atoms with Crippen LogP contribution in [-0.2, 0) is 9.53 Å². The van der Waals surface area contributed by atoms with Crippen LogP contribution in [0.15, 0.2) is 24.7 Å². The molecule has 2 heterocycles. The van der Waals surface area contributed by atoms with Crippen LogP contribution in [0.1, 0.15) is 6.92 Å². The summed E-state index contributed by atoms with van der Waals surface area (Å²) in [5, 5.41) is 4.13. The molecule has 0 aliphatic rings. The summed E-state index contributed by atoms with van der Waals surface area (Å²) >= 11 is 0. The first-order valence-electron chi connectivity index (χ1n) is 5.36. The summed E-state index contributed by atoms with van der Waals surface area (Å²) in [7, 11) is 1.38. The van der Waals surface area contributed by atoms with E-state index in [9.17, 15) is 4.79 Å². The third-order valence-corrected chi connectivity index (χ3v) is 2.53. The normalized spacial score (nSPS) is 10.5. The number of hydrogen-bond acceptors (Lipinski definition) is 5. The molecule has 0 unspecified atom stereocenters. The zero-order valence-electron chi connectivity index (χ0n) is 9.83. The van der Waals surface area contributed by atoms with Gasteiger partial charge in [-0.1, -0.05) is 0 Å². The van der Waals surface area contributed by atoms with Gasteiger partial charge < -0.3 is 9.64 Å². The fraction of sp³-hybridized carbons (Fsp3) is 0.364. The molecule has 2 aromatic heterocycles. The number of likely N-dealkylation sites (N-methyl/N-ethyl adjacent to an activating group) is 1. The number of ether oxygens (including phenoxy) is 1. The van der Waals surface area contributed by atoms with E-state index >= 15 is 0 Å². The molecular formula is C11H14N4O2. The predicted molar refractivity (Wildman–Crippen MR) is 62.9 cm³/mol. The maximum atomic E-state index is 11.3. The SMILES string of the molecule is CCN(CC(=O)OC)c1nccn2nccc12. The van der Waals surface area contributed by atoms with Gasteiger partial charge in [-0.2, -0.15) is 5.10 Å². The standard InChI is InChI=1S/C11H14N4O2/c1-3-14(8-10(16)17-2)11-9-4-5-13-15(9)7-6-12-11/h4-7H,3,8H2,1-2H3. The Hall–Kier alpha value is -2.11. The zero-order valence-corrected chi connectivity index (χ0v) is 9.83. The number of methoxy groups -OCH3 is 1. The highest BCUT2D eigenvalue weighted by atomic mass is 16.5. The van der Waals surface area contributed by atoms with Crippen molar-refractivity contribution in [3.63, 3.8) is 0 Å². The van der Waals surface area contributed by atoms with Crippen LogP contribution in [0.25, 0.3) is 5.52 Å². The number of nitrogens with zero attached hydrogens (tertiary/aromatic N) is 4. The maximum absolute atomic E-state index is 11.3. The molecule has 0 radical (unpaired) electrons. The van der Waals surface area contributed by atoms with Crippen LogP contribution < -0.4 is 4.90 Å². The van der Waals surface area contributed by atoms with Gasteiger partial charge in [0.05, 0.1) is 13.3 Å². The summed E-state index contributed by atoms with van der Waals surface area (Å²) in [6.07, 6.45) is 5.13. The van der Waals surface area contributed by atoms with Crippen LogP contribution in [0.2, 0.25) is 0 Å². The average Bonchev–Trinajstić information content (AvgIpc) is 2.83. The number of carbonyl (C=O) groups excluding carboxylic acids is 1.